The third kappa shape index (κ3) is 10.4. The van der Waals surface area contributed by atoms with E-state index in [1.165, 1.54) is 76.9 Å². The van der Waals surface area contributed by atoms with Crippen molar-refractivity contribution >= 4 is 62.1 Å². The fourth-order valence-electron chi connectivity index (χ4n) is 9.61. The van der Waals surface area contributed by atoms with Crippen molar-refractivity contribution in [2.75, 3.05) is 39.3 Å². The molecule has 2 N–H and O–H groups in total. The largest absolute Gasteiger partial charge is 0.437 e. The van der Waals surface area contributed by atoms with Crippen LogP contribution < -0.4 is 5.32 Å². The monoisotopic (exact) mass is 936 g/mol. The minimum atomic E-state index is -0.407. The molecule has 2 fully saturated rings. The van der Waals surface area contributed by atoms with Gasteiger partial charge in [-0.1, -0.05) is 74.9 Å². The average Bonchev–Trinajstić information content (AvgIpc) is 3.46. The van der Waals surface area contributed by atoms with Crippen molar-refractivity contribution < 1.29 is 5.02 Å². The minimum absolute atomic E-state index is 0.128. The summed E-state index contributed by atoms with van der Waals surface area (Å²) in [5.74, 6) is 0. The lowest BCUT2D eigenvalue weighted by atomic mass is 9.80. The van der Waals surface area contributed by atoms with Gasteiger partial charge in [-0.3, -0.25) is 19.8 Å². The van der Waals surface area contributed by atoms with Crippen LogP contribution in [-0.2, 0) is 25.7 Å². The molecule has 304 valence electrons. The molecule has 2 unspecified atom stereocenters. The van der Waals surface area contributed by atoms with Gasteiger partial charge in [-0.15, -0.1) is 0 Å². The lowest BCUT2D eigenvalue weighted by Gasteiger charge is -2.45. The van der Waals surface area contributed by atoms with Gasteiger partial charge >= 0.3 is 7.05 Å². The first-order valence-electron chi connectivity index (χ1n) is 21.1. The van der Waals surface area contributed by atoms with Gasteiger partial charge in [0.05, 0.1) is 23.5 Å². The van der Waals surface area contributed by atoms with Crippen LogP contribution in [0.3, 0.4) is 0 Å². The molecule has 2 saturated heterocycles. The molecule has 7 nitrogen and oxygen atoms in total. The molecule has 4 atom stereocenters. The summed E-state index contributed by atoms with van der Waals surface area (Å²) in [6, 6.07) is 18.5. The van der Waals surface area contributed by atoms with Crippen molar-refractivity contribution in [3.05, 3.63) is 125 Å². The number of aromatic nitrogens is 2. The van der Waals surface area contributed by atoms with E-state index in [0.29, 0.717) is 12.1 Å². The van der Waals surface area contributed by atoms with Crippen molar-refractivity contribution in [2.24, 2.45) is 0 Å². The molecule has 12 heteroatoms. The number of unbranched alkanes of at least 4 members (excludes halogenated alkanes) is 2. The lowest BCUT2D eigenvalue weighted by molar-refractivity contribution is 0.0911. The van der Waals surface area contributed by atoms with Crippen LogP contribution in [0.1, 0.15) is 109 Å². The zero-order valence-corrected chi connectivity index (χ0v) is 38.4. The summed E-state index contributed by atoms with van der Waals surface area (Å²) in [5, 5.41) is 15.7. The van der Waals surface area contributed by atoms with Gasteiger partial charge in [-0.25, -0.2) is 0 Å². The highest BCUT2D eigenvalue weighted by molar-refractivity contribution is 9.10. The third-order valence-corrected chi connectivity index (χ3v) is 13.8. The number of rotatable bonds is 9. The van der Waals surface area contributed by atoms with E-state index in [4.69, 9.17) is 33.2 Å². The van der Waals surface area contributed by atoms with E-state index in [1.54, 1.807) is 0 Å². The maximum Gasteiger partial charge on any atom is 0.376 e. The summed E-state index contributed by atoms with van der Waals surface area (Å²) in [6.07, 6.45) is 15.1. The Labute approximate surface area is 367 Å². The normalized spacial score (nSPS) is 22.5. The predicted molar refractivity (Wildman–Crippen MR) is 244 cm³/mol. The van der Waals surface area contributed by atoms with E-state index >= 15 is 0 Å². The van der Waals surface area contributed by atoms with Crippen molar-refractivity contribution in [2.45, 2.75) is 109 Å². The number of aryl methyl sites for hydroxylation is 4. The summed E-state index contributed by atoms with van der Waals surface area (Å²) in [5.41, 5.74) is 10.4. The number of hydrogen-bond donors (Lipinski definition) is 2. The molecule has 2 aliphatic carbocycles. The van der Waals surface area contributed by atoms with E-state index in [9.17, 15) is 5.02 Å². The molecular formula is C45H57BBr2Cl2N6O. The van der Waals surface area contributed by atoms with Crippen LogP contribution in [0.15, 0.2) is 69.9 Å². The highest BCUT2D eigenvalue weighted by atomic mass is 79.9. The zero-order valence-electron chi connectivity index (χ0n) is 33.7. The van der Waals surface area contributed by atoms with Gasteiger partial charge in [0.1, 0.15) is 0 Å². The van der Waals surface area contributed by atoms with Gasteiger partial charge in [0.15, 0.2) is 0 Å². The van der Waals surface area contributed by atoms with Crippen LogP contribution in [0, 0.1) is 0 Å². The lowest BCUT2D eigenvalue weighted by Crippen LogP contribution is -2.58. The summed E-state index contributed by atoms with van der Waals surface area (Å²) < 4.78 is 2.09. The number of nitrogens with zero attached hydrogens (tertiary/aromatic N) is 5. The molecule has 4 aromatic rings. The Morgan fingerprint density at radius 2 is 1.25 bits per heavy atom. The standard InChI is InChI=1S/C23H30BBrClN3O.C22H27BrClN3/c1-3-4-5-20-15-28(10-11-29(20)24(2)30)23-21-9-8-19(26)13-16(21)6-7-17-12-18(25)14-27-22(17)23;1-2-3-4-19-14-27(10-9-25-19)22-20-8-7-18(24)12-15(20)5-6-16-11-17(23)13-26-21(16)22/h8-9,12-14,20,23,30H,3-7,10-11,15H2,1-2H3;7-8,11-13,19,22,25H,2-6,9-10,14H2,1H3/t20-,23?;19-,22?/m00/s1. The molecule has 57 heavy (non-hydrogen) atoms. The van der Waals surface area contributed by atoms with Crippen molar-refractivity contribution in [3.8, 4) is 0 Å². The van der Waals surface area contributed by atoms with E-state index < -0.39 is 7.05 Å². The topological polar surface area (TPSA) is 67.8 Å². The fourth-order valence-corrected chi connectivity index (χ4v) is 10.8. The molecule has 2 aliphatic heterocycles. The van der Waals surface area contributed by atoms with E-state index in [1.807, 2.05) is 31.3 Å². The Morgan fingerprint density at radius 3 is 1.79 bits per heavy atom. The maximum absolute atomic E-state index is 10.3. The number of pyridine rings is 2. The number of benzene rings is 2. The number of nitrogens with one attached hydrogen (secondary N) is 1. The number of halogens is 4. The van der Waals surface area contributed by atoms with Gasteiger partial charge in [0.2, 0.25) is 0 Å². The van der Waals surface area contributed by atoms with Gasteiger partial charge in [-0.2, -0.15) is 0 Å². The van der Waals surface area contributed by atoms with Gasteiger partial charge in [0.25, 0.3) is 0 Å². The molecule has 4 heterocycles. The van der Waals surface area contributed by atoms with Crippen molar-refractivity contribution in [1.29, 1.82) is 0 Å². The first-order valence-corrected chi connectivity index (χ1v) is 23.5. The molecule has 8 rings (SSSR count). The van der Waals surface area contributed by atoms with Gasteiger partial charge in [0, 0.05) is 82.7 Å². The molecule has 0 radical (unpaired) electrons. The van der Waals surface area contributed by atoms with Gasteiger partial charge in [-0.05, 0) is 147 Å². The van der Waals surface area contributed by atoms with Crippen LogP contribution in [0.25, 0.3) is 0 Å². The van der Waals surface area contributed by atoms with Crippen molar-refractivity contribution in [3.63, 3.8) is 0 Å². The van der Waals surface area contributed by atoms with E-state index in [-0.39, 0.29) is 12.1 Å². The van der Waals surface area contributed by atoms with Crippen LogP contribution >= 0.6 is 55.1 Å². The summed E-state index contributed by atoms with van der Waals surface area (Å²) >= 11 is 19.9. The fraction of sp³-hybridized carbons (Fsp3) is 0.511. The van der Waals surface area contributed by atoms with Crippen LogP contribution in [0.2, 0.25) is 16.9 Å². The maximum atomic E-state index is 10.3. The molecule has 0 spiro atoms. The molecule has 4 aliphatic rings. The Bertz CT molecular complexity index is 1880. The number of hydrogen-bond acceptors (Lipinski definition) is 7. The second-order valence-electron chi connectivity index (χ2n) is 16.3. The Kier molecular flexibility index (Phi) is 15.3. The predicted octanol–water partition coefficient (Wildman–Crippen LogP) is 10.1. The second-order valence-corrected chi connectivity index (χ2v) is 19.0. The molecule has 0 amide bonds. The molecular weight excluding hydrogens is 882 g/mol. The average molecular weight is 940 g/mol. The zero-order chi connectivity index (χ0) is 40.1. The second kappa shape index (κ2) is 20.1. The number of piperazine rings is 2. The Hall–Kier alpha value is -1.86. The molecule has 0 bridgehead atoms. The first-order chi connectivity index (χ1) is 27.6. The smallest absolute Gasteiger partial charge is 0.376 e. The summed E-state index contributed by atoms with van der Waals surface area (Å²) in [6.45, 7) is 12.3. The van der Waals surface area contributed by atoms with Crippen LogP contribution in [0.5, 0.6) is 0 Å². The Balaban J connectivity index is 0.000000175. The van der Waals surface area contributed by atoms with E-state index in [2.05, 4.69) is 102 Å². The minimum Gasteiger partial charge on any atom is -0.437 e. The Morgan fingerprint density at radius 1 is 0.719 bits per heavy atom. The SMILES string of the molecule is CCCC[C@H]1CN(C2c3ccc(Cl)cc3CCc3cc(Br)cnc32)CCN1.CCCC[C@H]1CN(C2c3ccc(Cl)cc3CCc3cc(Br)cnc32)CCN1B(C)O. The molecule has 2 aromatic carbocycles. The highest BCUT2D eigenvalue weighted by Crippen LogP contribution is 2.40. The third-order valence-electron chi connectivity index (χ3n) is 12.4. The first kappa shape index (κ1) is 43.2. The van der Waals surface area contributed by atoms with Crippen LogP contribution in [-0.4, -0.2) is 88.0 Å². The van der Waals surface area contributed by atoms with E-state index in [0.717, 1.165) is 90.4 Å². The van der Waals surface area contributed by atoms with Crippen molar-refractivity contribution in [1.82, 2.24) is 29.9 Å². The molecule has 2 aromatic heterocycles. The quantitative estimate of drug-likeness (QED) is 0.162. The highest BCUT2D eigenvalue weighted by Gasteiger charge is 2.38. The van der Waals surface area contributed by atoms with Gasteiger partial charge < -0.3 is 15.2 Å². The summed E-state index contributed by atoms with van der Waals surface area (Å²) in [7, 11) is -0.407. The van der Waals surface area contributed by atoms with Crippen LogP contribution in [0.4, 0.5) is 0 Å². The number of fused-ring (bicyclic) bond motifs is 4. The summed E-state index contributed by atoms with van der Waals surface area (Å²) in [4.78, 5) is 17.3. The molecule has 0 saturated carbocycles.